The summed E-state index contributed by atoms with van der Waals surface area (Å²) in [5.41, 5.74) is 0.629. The molecule has 1 aliphatic rings. The summed E-state index contributed by atoms with van der Waals surface area (Å²) in [5, 5.41) is 5.97. The Labute approximate surface area is 107 Å². The molecule has 1 aliphatic carbocycles. The Hall–Kier alpha value is -1.42. The van der Waals surface area contributed by atoms with Gasteiger partial charge in [0.2, 0.25) is 5.91 Å². The van der Waals surface area contributed by atoms with Gasteiger partial charge in [-0.25, -0.2) is 4.39 Å². The van der Waals surface area contributed by atoms with Gasteiger partial charge in [-0.15, -0.1) is 0 Å². The van der Waals surface area contributed by atoms with E-state index >= 15 is 0 Å². The Morgan fingerprint density at radius 2 is 2.11 bits per heavy atom. The largest absolute Gasteiger partial charge is 0.325 e. The molecular weight excluding hydrogens is 231 g/mol. The minimum Gasteiger partial charge on any atom is -0.325 e. The van der Waals surface area contributed by atoms with E-state index in [-0.39, 0.29) is 11.7 Å². The van der Waals surface area contributed by atoms with Crippen molar-refractivity contribution in [1.29, 1.82) is 0 Å². The molecular formula is C14H19FN2O. The molecule has 1 amide bonds. The number of halogens is 1. The van der Waals surface area contributed by atoms with Gasteiger partial charge in [-0.05, 0) is 43.0 Å². The Bertz CT molecular complexity index is 405. The van der Waals surface area contributed by atoms with Crippen molar-refractivity contribution in [2.75, 3.05) is 11.9 Å². The summed E-state index contributed by atoms with van der Waals surface area (Å²) >= 11 is 0. The highest BCUT2D eigenvalue weighted by Gasteiger charge is 2.35. The van der Waals surface area contributed by atoms with E-state index in [1.165, 1.54) is 31.4 Å². The fourth-order valence-corrected chi connectivity index (χ4v) is 2.15. The quantitative estimate of drug-likeness (QED) is 0.814. The maximum atomic E-state index is 12.7. The molecule has 1 saturated carbocycles. The lowest BCUT2D eigenvalue weighted by molar-refractivity contribution is -0.115. The van der Waals surface area contributed by atoms with Crippen LogP contribution in [-0.4, -0.2) is 18.5 Å². The van der Waals surface area contributed by atoms with Gasteiger partial charge in [0.15, 0.2) is 0 Å². The Balaban J connectivity index is 1.68. The first-order valence-corrected chi connectivity index (χ1v) is 6.48. The second-order valence-electron chi connectivity index (χ2n) is 4.83. The number of hydrogen-bond acceptors (Lipinski definition) is 2. The lowest BCUT2D eigenvalue weighted by Crippen LogP contribution is -2.30. The summed E-state index contributed by atoms with van der Waals surface area (Å²) in [5.74, 6) is 0.365. The third kappa shape index (κ3) is 3.81. The molecule has 2 atom stereocenters. The van der Waals surface area contributed by atoms with Crippen molar-refractivity contribution in [2.24, 2.45) is 5.92 Å². The third-order valence-electron chi connectivity index (χ3n) is 3.23. The minimum atomic E-state index is -0.300. The molecule has 0 radical (unpaired) electrons. The number of anilines is 1. The number of benzene rings is 1. The Morgan fingerprint density at radius 1 is 1.39 bits per heavy atom. The fourth-order valence-electron chi connectivity index (χ4n) is 2.15. The third-order valence-corrected chi connectivity index (χ3v) is 3.23. The van der Waals surface area contributed by atoms with Crippen molar-refractivity contribution in [3.8, 4) is 0 Å². The van der Waals surface area contributed by atoms with Gasteiger partial charge in [0.25, 0.3) is 0 Å². The van der Waals surface area contributed by atoms with E-state index in [0.29, 0.717) is 18.3 Å². The molecule has 2 N–H and O–H groups in total. The van der Waals surface area contributed by atoms with Crippen LogP contribution in [0.3, 0.4) is 0 Å². The number of nitrogens with one attached hydrogen (secondary N) is 2. The minimum absolute atomic E-state index is 0.0799. The molecule has 1 aromatic carbocycles. The number of amides is 1. The van der Waals surface area contributed by atoms with Crippen molar-refractivity contribution in [1.82, 2.24) is 5.32 Å². The lowest BCUT2D eigenvalue weighted by atomic mass is 10.2. The van der Waals surface area contributed by atoms with Gasteiger partial charge in [-0.3, -0.25) is 4.79 Å². The van der Waals surface area contributed by atoms with Crippen molar-refractivity contribution in [3.63, 3.8) is 0 Å². The molecule has 0 bridgehead atoms. The highest BCUT2D eigenvalue weighted by molar-refractivity contribution is 5.92. The van der Waals surface area contributed by atoms with E-state index < -0.39 is 0 Å². The van der Waals surface area contributed by atoms with Crippen LogP contribution in [0.1, 0.15) is 26.2 Å². The summed E-state index contributed by atoms with van der Waals surface area (Å²) < 4.78 is 12.7. The van der Waals surface area contributed by atoms with Gasteiger partial charge >= 0.3 is 0 Å². The van der Waals surface area contributed by atoms with Crippen LogP contribution in [-0.2, 0) is 4.79 Å². The van der Waals surface area contributed by atoms with Crippen LogP contribution in [0, 0.1) is 11.7 Å². The van der Waals surface area contributed by atoms with Crippen molar-refractivity contribution >= 4 is 11.6 Å². The monoisotopic (exact) mass is 250 g/mol. The zero-order valence-corrected chi connectivity index (χ0v) is 10.6. The lowest BCUT2D eigenvalue weighted by Gasteiger charge is -2.06. The zero-order valence-electron chi connectivity index (χ0n) is 10.6. The van der Waals surface area contributed by atoms with Crippen LogP contribution in [0.5, 0.6) is 0 Å². The molecule has 4 heteroatoms. The van der Waals surface area contributed by atoms with Gasteiger partial charge < -0.3 is 10.6 Å². The summed E-state index contributed by atoms with van der Waals surface area (Å²) in [6.07, 6.45) is 3.61. The second-order valence-corrected chi connectivity index (χ2v) is 4.83. The SMILES string of the molecule is CCCC1CC1NCC(=O)Nc1ccc(F)cc1. The van der Waals surface area contributed by atoms with Crippen molar-refractivity contribution < 1.29 is 9.18 Å². The maximum Gasteiger partial charge on any atom is 0.238 e. The van der Waals surface area contributed by atoms with Crippen LogP contribution in [0.25, 0.3) is 0 Å². The maximum absolute atomic E-state index is 12.7. The molecule has 1 aromatic rings. The molecule has 2 unspecified atom stereocenters. The van der Waals surface area contributed by atoms with Crippen LogP contribution in [0.2, 0.25) is 0 Å². The number of carbonyl (C=O) groups excluding carboxylic acids is 1. The summed E-state index contributed by atoms with van der Waals surface area (Å²) in [6, 6.07) is 6.29. The van der Waals surface area contributed by atoms with E-state index in [1.807, 2.05) is 0 Å². The summed E-state index contributed by atoms with van der Waals surface area (Å²) in [4.78, 5) is 11.6. The summed E-state index contributed by atoms with van der Waals surface area (Å²) in [7, 11) is 0. The molecule has 3 nitrogen and oxygen atoms in total. The smallest absolute Gasteiger partial charge is 0.238 e. The first-order chi connectivity index (χ1) is 8.69. The highest BCUT2D eigenvalue weighted by atomic mass is 19.1. The van der Waals surface area contributed by atoms with Crippen LogP contribution in [0.4, 0.5) is 10.1 Å². The van der Waals surface area contributed by atoms with Crippen LogP contribution in [0.15, 0.2) is 24.3 Å². The van der Waals surface area contributed by atoms with Gasteiger partial charge in [0, 0.05) is 11.7 Å². The van der Waals surface area contributed by atoms with Gasteiger partial charge in [-0.1, -0.05) is 13.3 Å². The van der Waals surface area contributed by atoms with Crippen molar-refractivity contribution in [2.45, 2.75) is 32.2 Å². The average Bonchev–Trinajstić information content (AvgIpc) is 3.09. The van der Waals surface area contributed by atoms with E-state index in [4.69, 9.17) is 0 Å². The average molecular weight is 250 g/mol. The molecule has 2 rings (SSSR count). The molecule has 0 saturated heterocycles. The predicted molar refractivity (Wildman–Crippen MR) is 69.8 cm³/mol. The number of rotatable bonds is 6. The Kier molecular flexibility index (Phi) is 4.31. The van der Waals surface area contributed by atoms with E-state index in [9.17, 15) is 9.18 Å². The van der Waals surface area contributed by atoms with Crippen molar-refractivity contribution in [3.05, 3.63) is 30.1 Å². The molecule has 0 spiro atoms. The van der Waals surface area contributed by atoms with Gasteiger partial charge in [0.05, 0.1) is 6.54 Å². The molecule has 18 heavy (non-hydrogen) atoms. The topological polar surface area (TPSA) is 41.1 Å². The number of hydrogen-bond donors (Lipinski definition) is 2. The second kappa shape index (κ2) is 5.96. The molecule has 0 aliphatic heterocycles. The normalized spacial score (nSPS) is 21.7. The first-order valence-electron chi connectivity index (χ1n) is 6.48. The first kappa shape index (κ1) is 13.0. The fraction of sp³-hybridized carbons (Fsp3) is 0.500. The van der Waals surface area contributed by atoms with Crippen LogP contribution >= 0.6 is 0 Å². The van der Waals surface area contributed by atoms with Gasteiger partial charge in [-0.2, -0.15) is 0 Å². The zero-order chi connectivity index (χ0) is 13.0. The molecule has 98 valence electrons. The van der Waals surface area contributed by atoms with E-state index in [0.717, 1.165) is 5.92 Å². The standard InChI is InChI=1S/C14H19FN2O/c1-2-3-10-8-13(10)16-9-14(18)17-12-6-4-11(15)5-7-12/h4-7,10,13,16H,2-3,8-9H2,1H3,(H,17,18). The molecule has 0 heterocycles. The van der Waals surface area contributed by atoms with Crippen LogP contribution < -0.4 is 10.6 Å². The Morgan fingerprint density at radius 3 is 2.78 bits per heavy atom. The predicted octanol–water partition coefficient (Wildman–Crippen LogP) is 2.54. The number of carbonyl (C=O) groups is 1. The van der Waals surface area contributed by atoms with E-state index in [2.05, 4.69) is 17.6 Å². The highest BCUT2D eigenvalue weighted by Crippen LogP contribution is 2.34. The molecule has 1 fully saturated rings. The summed E-state index contributed by atoms with van der Waals surface area (Å²) in [6.45, 7) is 2.50. The van der Waals surface area contributed by atoms with E-state index in [1.54, 1.807) is 12.1 Å². The molecule has 0 aromatic heterocycles. The van der Waals surface area contributed by atoms with Gasteiger partial charge in [0.1, 0.15) is 5.82 Å².